The lowest BCUT2D eigenvalue weighted by Crippen LogP contribution is -2.34. The van der Waals surface area contributed by atoms with Gasteiger partial charge in [-0.1, -0.05) is 0 Å². The largest absolute Gasteiger partial charge is 0.442 e. The first-order chi connectivity index (χ1) is 4.81. The maximum atomic E-state index is 10.7. The van der Waals surface area contributed by atoms with Crippen LogP contribution < -0.4 is 11.1 Å². The number of amides is 1. The molecule has 0 aromatic carbocycles. The number of rotatable bonds is 0. The highest BCUT2D eigenvalue weighted by Gasteiger charge is 2.17. The van der Waals surface area contributed by atoms with Gasteiger partial charge in [0, 0.05) is 0 Å². The Bertz CT molecular complexity index is 171. The molecule has 11 heavy (non-hydrogen) atoms. The molecule has 0 aliphatic carbocycles. The zero-order valence-electron chi connectivity index (χ0n) is 6.84. The van der Waals surface area contributed by atoms with Gasteiger partial charge in [0.2, 0.25) is 5.96 Å². The van der Waals surface area contributed by atoms with Crippen LogP contribution in [-0.4, -0.2) is 17.7 Å². The second-order valence-corrected chi connectivity index (χ2v) is 2.98. The van der Waals surface area contributed by atoms with Crippen molar-refractivity contribution in [2.24, 2.45) is 5.73 Å². The second-order valence-electron chi connectivity index (χ2n) is 2.98. The van der Waals surface area contributed by atoms with Crippen molar-refractivity contribution < 1.29 is 9.53 Å². The van der Waals surface area contributed by atoms with E-state index in [4.69, 9.17) is 15.9 Å². The van der Waals surface area contributed by atoms with E-state index in [2.05, 4.69) is 5.32 Å². The molecule has 0 saturated heterocycles. The van der Waals surface area contributed by atoms with Gasteiger partial charge in [-0.3, -0.25) is 5.41 Å². The molecule has 1 amide bonds. The number of nitrogens with zero attached hydrogens (tertiary/aromatic N) is 1. The Morgan fingerprint density at radius 3 is 2.27 bits per heavy atom. The van der Waals surface area contributed by atoms with Crippen molar-refractivity contribution in [3.8, 4) is 0 Å². The summed E-state index contributed by atoms with van der Waals surface area (Å²) in [4.78, 5) is 10.7. The standard InChI is InChI=1S/C6H12N3O2/c1-6(2,3)11-5(10)9-4(7)8/h1-3H3,(H3,7,8). The quantitative estimate of drug-likeness (QED) is 0.395. The van der Waals surface area contributed by atoms with Crippen LogP contribution in [0.4, 0.5) is 4.79 Å². The van der Waals surface area contributed by atoms with Gasteiger partial charge in [0.05, 0.1) is 0 Å². The molecule has 0 saturated carbocycles. The lowest BCUT2D eigenvalue weighted by Gasteiger charge is -2.17. The van der Waals surface area contributed by atoms with Crippen molar-refractivity contribution in [1.29, 1.82) is 5.41 Å². The number of ether oxygens (including phenoxy) is 1. The summed E-state index contributed by atoms with van der Waals surface area (Å²) in [6.45, 7) is 5.13. The monoisotopic (exact) mass is 158 g/mol. The van der Waals surface area contributed by atoms with E-state index in [9.17, 15) is 4.79 Å². The van der Waals surface area contributed by atoms with Gasteiger partial charge in [-0.2, -0.15) is 0 Å². The SMILES string of the molecule is CC(C)(C)OC(=O)[N]C(=N)N. The molecule has 0 aromatic rings. The summed E-state index contributed by atoms with van der Waals surface area (Å²) in [6, 6.07) is 0. The summed E-state index contributed by atoms with van der Waals surface area (Å²) in [7, 11) is 0. The van der Waals surface area contributed by atoms with Crippen LogP contribution in [0, 0.1) is 5.41 Å². The van der Waals surface area contributed by atoms with Crippen molar-refractivity contribution in [3.63, 3.8) is 0 Å². The molecule has 0 spiro atoms. The van der Waals surface area contributed by atoms with Crippen LogP contribution in [0.15, 0.2) is 0 Å². The van der Waals surface area contributed by atoms with E-state index in [1.807, 2.05) is 0 Å². The molecule has 5 nitrogen and oxygen atoms in total. The number of nitrogens with one attached hydrogen (secondary N) is 1. The zero-order valence-corrected chi connectivity index (χ0v) is 6.84. The summed E-state index contributed by atoms with van der Waals surface area (Å²) >= 11 is 0. The number of hydrogen-bond donors (Lipinski definition) is 2. The third-order valence-corrected chi connectivity index (χ3v) is 0.605. The van der Waals surface area contributed by atoms with Gasteiger partial charge < -0.3 is 10.5 Å². The second kappa shape index (κ2) is 3.23. The summed E-state index contributed by atoms with van der Waals surface area (Å²) in [5.41, 5.74) is 4.24. The summed E-state index contributed by atoms with van der Waals surface area (Å²) in [5.74, 6) is -0.542. The van der Waals surface area contributed by atoms with E-state index >= 15 is 0 Å². The van der Waals surface area contributed by atoms with Crippen LogP contribution in [0.2, 0.25) is 0 Å². The Labute approximate surface area is 65.4 Å². The molecule has 0 rings (SSSR count). The fourth-order valence-corrected chi connectivity index (χ4v) is 0.383. The molecule has 0 aliphatic heterocycles. The molecule has 3 N–H and O–H groups in total. The van der Waals surface area contributed by atoms with E-state index < -0.39 is 17.7 Å². The molecular weight excluding hydrogens is 146 g/mol. The van der Waals surface area contributed by atoms with Gasteiger partial charge in [-0.15, -0.1) is 5.32 Å². The first kappa shape index (κ1) is 9.74. The topological polar surface area (TPSA) is 90.3 Å². The molecule has 63 valence electrons. The lowest BCUT2D eigenvalue weighted by atomic mass is 10.2. The van der Waals surface area contributed by atoms with Gasteiger partial charge in [-0.25, -0.2) is 4.79 Å². The molecule has 0 bridgehead atoms. The zero-order chi connectivity index (χ0) is 9.07. The number of guanidine groups is 1. The minimum Gasteiger partial charge on any atom is -0.442 e. The van der Waals surface area contributed by atoms with Crippen LogP contribution in [0.25, 0.3) is 0 Å². The number of nitrogens with two attached hydrogens (primary N) is 1. The third-order valence-electron chi connectivity index (χ3n) is 0.605. The molecule has 1 radical (unpaired) electrons. The lowest BCUT2D eigenvalue weighted by molar-refractivity contribution is 0.0557. The fraction of sp³-hybridized carbons (Fsp3) is 0.667. The van der Waals surface area contributed by atoms with E-state index in [1.54, 1.807) is 20.8 Å². The first-order valence-corrected chi connectivity index (χ1v) is 3.10. The predicted octanol–water partition coefficient (Wildman–Crippen LogP) is 0.419. The Hall–Kier alpha value is -1.26. The van der Waals surface area contributed by atoms with E-state index in [-0.39, 0.29) is 0 Å². The van der Waals surface area contributed by atoms with Crippen LogP contribution in [0.5, 0.6) is 0 Å². The molecule has 0 aliphatic rings. The maximum Gasteiger partial charge on any atom is 0.437 e. The van der Waals surface area contributed by atoms with Gasteiger partial charge in [0.1, 0.15) is 5.60 Å². The van der Waals surface area contributed by atoms with Crippen LogP contribution in [0.3, 0.4) is 0 Å². The van der Waals surface area contributed by atoms with Crippen molar-refractivity contribution in [2.75, 3.05) is 0 Å². The van der Waals surface area contributed by atoms with E-state index in [0.717, 1.165) is 0 Å². The minimum atomic E-state index is -0.829. The predicted molar refractivity (Wildman–Crippen MR) is 40.3 cm³/mol. The van der Waals surface area contributed by atoms with Crippen molar-refractivity contribution in [3.05, 3.63) is 0 Å². The first-order valence-electron chi connectivity index (χ1n) is 3.10. The highest BCUT2D eigenvalue weighted by atomic mass is 16.6. The number of hydrogen-bond acceptors (Lipinski definition) is 3. The van der Waals surface area contributed by atoms with Crippen molar-refractivity contribution in [1.82, 2.24) is 5.32 Å². The van der Waals surface area contributed by atoms with Gasteiger partial charge in [0.15, 0.2) is 0 Å². The summed E-state index contributed by atoms with van der Waals surface area (Å²) in [6.07, 6.45) is -0.829. The van der Waals surface area contributed by atoms with E-state index in [1.165, 1.54) is 0 Å². The molecule has 5 heteroatoms. The maximum absolute atomic E-state index is 10.7. The minimum absolute atomic E-state index is 0.542. The normalized spacial score (nSPS) is 10.5. The third kappa shape index (κ3) is 6.63. The molecule has 0 atom stereocenters. The average Bonchev–Trinajstić information content (AvgIpc) is 1.53. The van der Waals surface area contributed by atoms with Crippen LogP contribution >= 0.6 is 0 Å². The molecule has 0 heterocycles. The molecule has 0 unspecified atom stereocenters. The highest BCUT2D eigenvalue weighted by molar-refractivity contribution is 5.90. The molecular formula is C6H12N3O2. The summed E-state index contributed by atoms with van der Waals surface area (Å²) in [5, 5.41) is 9.71. The average molecular weight is 158 g/mol. The Balaban J connectivity index is 3.80. The Kier molecular flexibility index (Phi) is 2.86. The van der Waals surface area contributed by atoms with Gasteiger partial charge >= 0.3 is 6.09 Å². The van der Waals surface area contributed by atoms with Gasteiger partial charge in [0.25, 0.3) is 0 Å². The van der Waals surface area contributed by atoms with E-state index in [0.29, 0.717) is 0 Å². The highest BCUT2D eigenvalue weighted by Crippen LogP contribution is 2.06. The number of carbonyl (C=O) groups is 1. The fourth-order valence-electron chi connectivity index (χ4n) is 0.383. The Morgan fingerprint density at radius 1 is 1.55 bits per heavy atom. The van der Waals surface area contributed by atoms with Crippen molar-refractivity contribution in [2.45, 2.75) is 26.4 Å². The molecule has 0 aromatic heterocycles. The van der Waals surface area contributed by atoms with Crippen LogP contribution in [0.1, 0.15) is 20.8 Å². The molecule has 0 fully saturated rings. The number of carbonyl (C=O) groups excluding carboxylic acids is 1. The smallest absolute Gasteiger partial charge is 0.437 e. The van der Waals surface area contributed by atoms with Gasteiger partial charge in [-0.05, 0) is 20.8 Å². The Morgan fingerprint density at radius 2 is 2.00 bits per heavy atom. The van der Waals surface area contributed by atoms with Crippen LogP contribution in [-0.2, 0) is 4.74 Å². The van der Waals surface area contributed by atoms with Crippen molar-refractivity contribution >= 4 is 12.1 Å². The summed E-state index contributed by atoms with van der Waals surface area (Å²) < 4.78 is 4.72.